The van der Waals surface area contributed by atoms with Gasteiger partial charge in [-0.3, -0.25) is 4.68 Å². The van der Waals surface area contributed by atoms with E-state index >= 15 is 0 Å². The number of carbonyl (C=O) groups is 1. The standard InChI is InChI=1S/C17H22BrN5O/c1-12(9-23-11-19-10-20-23)21-17(24)22-16-5-3-2-4-13-8-14(18)6-7-15(13)16/h6-8,10-12,16H,2-5,9H2,1H3,(H2,21,22,24). The van der Waals surface area contributed by atoms with Gasteiger partial charge in [-0.2, -0.15) is 5.10 Å². The van der Waals surface area contributed by atoms with Crippen LogP contribution in [0.5, 0.6) is 0 Å². The van der Waals surface area contributed by atoms with Crippen LogP contribution in [0, 0.1) is 0 Å². The fourth-order valence-electron chi connectivity index (χ4n) is 3.18. The Balaban J connectivity index is 1.61. The van der Waals surface area contributed by atoms with Crippen LogP contribution in [0.4, 0.5) is 4.79 Å². The van der Waals surface area contributed by atoms with Crippen LogP contribution in [0.15, 0.2) is 35.3 Å². The maximum absolute atomic E-state index is 12.4. The van der Waals surface area contributed by atoms with E-state index in [0.29, 0.717) is 6.54 Å². The van der Waals surface area contributed by atoms with E-state index in [1.807, 2.05) is 13.0 Å². The van der Waals surface area contributed by atoms with Crippen molar-refractivity contribution >= 4 is 22.0 Å². The van der Waals surface area contributed by atoms with Gasteiger partial charge in [0.2, 0.25) is 0 Å². The van der Waals surface area contributed by atoms with Crippen molar-refractivity contribution in [1.82, 2.24) is 25.4 Å². The molecular weight excluding hydrogens is 370 g/mol. The normalized spacial score (nSPS) is 18.3. The van der Waals surface area contributed by atoms with Gasteiger partial charge >= 0.3 is 6.03 Å². The number of halogens is 1. The first-order valence-corrected chi connectivity index (χ1v) is 9.09. The van der Waals surface area contributed by atoms with E-state index < -0.39 is 0 Å². The molecule has 6 nitrogen and oxygen atoms in total. The molecule has 2 N–H and O–H groups in total. The van der Waals surface area contributed by atoms with E-state index in [1.54, 1.807) is 11.0 Å². The molecule has 0 saturated carbocycles. The second-order valence-corrected chi connectivity index (χ2v) is 7.19. The summed E-state index contributed by atoms with van der Waals surface area (Å²) in [7, 11) is 0. The Morgan fingerprint density at radius 2 is 2.33 bits per heavy atom. The number of nitrogens with one attached hydrogen (secondary N) is 2. The summed E-state index contributed by atoms with van der Waals surface area (Å²) in [6, 6.07) is 6.23. The highest BCUT2D eigenvalue weighted by atomic mass is 79.9. The fraction of sp³-hybridized carbons (Fsp3) is 0.471. The van der Waals surface area contributed by atoms with Crippen LogP contribution >= 0.6 is 15.9 Å². The maximum Gasteiger partial charge on any atom is 0.315 e. The highest BCUT2D eigenvalue weighted by molar-refractivity contribution is 9.10. The molecule has 128 valence electrons. The molecule has 1 aliphatic rings. The van der Waals surface area contributed by atoms with E-state index in [2.05, 4.69) is 48.8 Å². The predicted octanol–water partition coefficient (Wildman–Crippen LogP) is 3.20. The van der Waals surface area contributed by atoms with Crippen LogP contribution < -0.4 is 10.6 Å². The third-order valence-electron chi connectivity index (χ3n) is 4.28. The molecule has 1 aliphatic carbocycles. The molecule has 0 radical (unpaired) electrons. The van der Waals surface area contributed by atoms with Crippen molar-refractivity contribution in [2.45, 2.75) is 51.2 Å². The Labute approximate surface area is 150 Å². The molecule has 0 saturated heterocycles. The van der Waals surface area contributed by atoms with Gasteiger partial charge < -0.3 is 10.6 Å². The van der Waals surface area contributed by atoms with Crippen molar-refractivity contribution in [2.75, 3.05) is 0 Å². The number of hydrogen-bond donors (Lipinski definition) is 2. The van der Waals surface area contributed by atoms with Crippen molar-refractivity contribution < 1.29 is 4.79 Å². The summed E-state index contributed by atoms with van der Waals surface area (Å²) in [5.74, 6) is 0. The predicted molar refractivity (Wildman–Crippen MR) is 95.6 cm³/mol. The fourth-order valence-corrected chi connectivity index (χ4v) is 3.59. The molecule has 2 atom stereocenters. The van der Waals surface area contributed by atoms with Crippen LogP contribution in [0.3, 0.4) is 0 Å². The minimum Gasteiger partial charge on any atom is -0.334 e. The molecule has 2 amide bonds. The first-order chi connectivity index (χ1) is 11.6. The zero-order chi connectivity index (χ0) is 16.9. The largest absolute Gasteiger partial charge is 0.334 e. The molecule has 7 heteroatoms. The average Bonchev–Trinajstić information content (AvgIpc) is 2.95. The number of rotatable bonds is 4. The molecule has 0 spiro atoms. The summed E-state index contributed by atoms with van der Waals surface area (Å²) >= 11 is 3.53. The lowest BCUT2D eigenvalue weighted by Crippen LogP contribution is -2.44. The number of urea groups is 1. The summed E-state index contributed by atoms with van der Waals surface area (Å²) in [6.45, 7) is 2.56. The van der Waals surface area contributed by atoms with Gasteiger partial charge in [0, 0.05) is 10.5 Å². The minimum atomic E-state index is -0.136. The molecular formula is C17H22BrN5O. The summed E-state index contributed by atoms with van der Waals surface area (Å²) in [6.07, 6.45) is 7.46. The van der Waals surface area contributed by atoms with Crippen molar-refractivity contribution in [3.05, 3.63) is 46.5 Å². The van der Waals surface area contributed by atoms with Crippen molar-refractivity contribution in [1.29, 1.82) is 0 Å². The van der Waals surface area contributed by atoms with E-state index in [1.165, 1.54) is 17.5 Å². The number of benzene rings is 1. The lowest BCUT2D eigenvalue weighted by molar-refractivity contribution is 0.231. The number of nitrogens with zero attached hydrogens (tertiary/aromatic N) is 3. The monoisotopic (exact) mass is 391 g/mol. The van der Waals surface area contributed by atoms with Gasteiger partial charge in [0.1, 0.15) is 12.7 Å². The van der Waals surface area contributed by atoms with E-state index in [0.717, 1.165) is 30.2 Å². The third-order valence-corrected chi connectivity index (χ3v) is 4.77. The molecule has 1 heterocycles. The zero-order valence-corrected chi connectivity index (χ0v) is 15.3. The summed E-state index contributed by atoms with van der Waals surface area (Å²) in [5.41, 5.74) is 2.55. The smallest absolute Gasteiger partial charge is 0.315 e. The Hall–Kier alpha value is -1.89. The number of aryl methyl sites for hydroxylation is 1. The number of amides is 2. The highest BCUT2D eigenvalue weighted by Gasteiger charge is 2.21. The Morgan fingerprint density at radius 1 is 1.46 bits per heavy atom. The molecule has 0 fully saturated rings. The van der Waals surface area contributed by atoms with Crippen LogP contribution in [0.25, 0.3) is 0 Å². The van der Waals surface area contributed by atoms with Gasteiger partial charge in [0.05, 0.1) is 12.6 Å². The topological polar surface area (TPSA) is 71.8 Å². The highest BCUT2D eigenvalue weighted by Crippen LogP contribution is 2.30. The molecule has 1 aromatic carbocycles. The molecule has 0 aliphatic heterocycles. The Morgan fingerprint density at radius 3 is 3.12 bits per heavy atom. The zero-order valence-electron chi connectivity index (χ0n) is 13.7. The Bertz CT molecular complexity index is 688. The lowest BCUT2D eigenvalue weighted by atomic mass is 9.99. The molecule has 24 heavy (non-hydrogen) atoms. The summed E-state index contributed by atoms with van der Waals surface area (Å²) in [5, 5.41) is 10.2. The van der Waals surface area contributed by atoms with Gasteiger partial charge in [0.25, 0.3) is 0 Å². The molecule has 3 rings (SSSR count). The van der Waals surface area contributed by atoms with Gasteiger partial charge in [-0.25, -0.2) is 9.78 Å². The van der Waals surface area contributed by atoms with Gasteiger partial charge in [-0.05, 0) is 49.4 Å². The summed E-state index contributed by atoms with van der Waals surface area (Å²) < 4.78 is 2.80. The van der Waals surface area contributed by atoms with Crippen LogP contribution in [0.1, 0.15) is 43.4 Å². The molecule has 1 aromatic heterocycles. The quantitative estimate of drug-likeness (QED) is 0.785. The van der Waals surface area contributed by atoms with Crippen molar-refractivity contribution in [3.63, 3.8) is 0 Å². The third kappa shape index (κ3) is 4.35. The summed E-state index contributed by atoms with van der Waals surface area (Å²) in [4.78, 5) is 16.3. The second kappa shape index (κ2) is 7.79. The SMILES string of the molecule is CC(Cn1cncn1)NC(=O)NC1CCCCc2cc(Br)ccc21. The molecule has 0 bridgehead atoms. The number of carbonyl (C=O) groups excluding carboxylic acids is 1. The van der Waals surface area contributed by atoms with Crippen LogP contribution in [-0.2, 0) is 13.0 Å². The number of fused-ring (bicyclic) bond motifs is 1. The second-order valence-electron chi connectivity index (χ2n) is 6.28. The lowest BCUT2D eigenvalue weighted by Gasteiger charge is -2.22. The number of hydrogen-bond acceptors (Lipinski definition) is 3. The van der Waals surface area contributed by atoms with Gasteiger partial charge in [0.15, 0.2) is 0 Å². The van der Waals surface area contributed by atoms with Crippen molar-refractivity contribution in [2.24, 2.45) is 0 Å². The Kier molecular flexibility index (Phi) is 5.50. The molecule has 2 aromatic rings. The average molecular weight is 392 g/mol. The number of aromatic nitrogens is 3. The van der Waals surface area contributed by atoms with E-state index in [9.17, 15) is 4.79 Å². The van der Waals surface area contributed by atoms with Crippen LogP contribution in [-0.4, -0.2) is 26.8 Å². The van der Waals surface area contributed by atoms with Gasteiger partial charge in [-0.15, -0.1) is 0 Å². The maximum atomic E-state index is 12.4. The van der Waals surface area contributed by atoms with Crippen LogP contribution in [0.2, 0.25) is 0 Å². The molecule has 2 unspecified atom stereocenters. The van der Waals surface area contributed by atoms with E-state index in [-0.39, 0.29) is 18.1 Å². The first-order valence-electron chi connectivity index (χ1n) is 8.29. The van der Waals surface area contributed by atoms with Gasteiger partial charge in [-0.1, -0.05) is 28.4 Å². The van der Waals surface area contributed by atoms with E-state index in [4.69, 9.17) is 0 Å². The first kappa shape index (κ1) is 17.0. The minimum absolute atomic E-state index is 0.0260. The van der Waals surface area contributed by atoms with Crippen molar-refractivity contribution in [3.8, 4) is 0 Å².